The zero-order chi connectivity index (χ0) is 7.28. The summed E-state index contributed by atoms with van der Waals surface area (Å²) < 4.78 is 0. The summed E-state index contributed by atoms with van der Waals surface area (Å²) in [5.74, 6) is 0. The van der Waals surface area contributed by atoms with E-state index in [1.807, 2.05) is 0 Å². The molecule has 0 atom stereocenters. The predicted octanol–water partition coefficient (Wildman–Crippen LogP) is 0.543. The van der Waals surface area contributed by atoms with Crippen molar-refractivity contribution < 1.29 is 4.79 Å². The molecule has 0 aliphatic carbocycles. The minimum Gasteiger partial charge on any atom is -0.297 e. The van der Waals surface area contributed by atoms with Gasteiger partial charge >= 0.3 is 0 Å². The van der Waals surface area contributed by atoms with Gasteiger partial charge in [-0.15, -0.1) is 12.6 Å². The highest BCUT2D eigenvalue weighted by atomic mass is 32.1. The lowest BCUT2D eigenvalue weighted by Crippen LogP contribution is -1.84. The molecule has 0 spiro atoms. The number of rotatable bonds is 2. The van der Waals surface area contributed by atoms with Crippen LogP contribution in [-0.4, -0.2) is 19.7 Å². The number of nitrogens with zero attached hydrogens (tertiary/aromatic N) is 1. The van der Waals surface area contributed by atoms with Crippen molar-refractivity contribution in [1.29, 1.82) is 0 Å². The zero-order valence-electron chi connectivity index (χ0n) is 5.03. The van der Waals surface area contributed by atoms with Crippen molar-refractivity contribution in [3.8, 4) is 0 Å². The molecule has 0 amide bonds. The minimum absolute atomic E-state index is 0.264. The monoisotopic (exact) mass is 139 g/mol. The fourth-order valence-electron chi connectivity index (χ4n) is 0.198. The first-order valence-corrected chi connectivity index (χ1v) is 2.75. The van der Waals surface area contributed by atoms with E-state index < -0.39 is 0 Å². The fourth-order valence-corrected chi connectivity index (χ4v) is 0.256. The van der Waals surface area contributed by atoms with Gasteiger partial charge in [-0.05, 0) is 12.5 Å². The van der Waals surface area contributed by atoms with Crippen molar-refractivity contribution in [3.63, 3.8) is 0 Å². The summed E-state index contributed by atoms with van der Waals surface area (Å²) in [4.78, 5) is 13.7. The van der Waals surface area contributed by atoms with E-state index in [0.29, 0.717) is 11.9 Å². The Balaban J connectivity index is 3.98. The van der Waals surface area contributed by atoms with E-state index >= 15 is 0 Å². The van der Waals surface area contributed by atoms with Crippen LogP contribution < -0.4 is 0 Å². The van der Waals surface area contributed by atoms with Crippen LogP contribution in [0.4, 0.5) is 0 Å². The first-order valence-electron chi connectivity index (χ1n) is 2.31. The first kappa shape index (κ1) is 8.49. The molecule has 0 heterocycles. The fraction of sp³-hybridized carbons (Fsp3) is 0.200. The highest BCUT2D eigenvalue weighted by Gasteiger charge is 1.80. The second kappa shape index (κ2) is 4.38. The Morgan fingerprint density at radius 1 is 1.78 bits per heavy atom. The van der Waals surface area contributed by atoms with Gasteiger partial charge in [0.05, 0.1) is 4.91 Å². The van der Waals surface area contributed by atoms with Crippen molar-refractivity contribution in [2.24, 2.45) is 4.99 Å². The Kier molecular flexibility index (Phi) is 4.14. The maximum absolute atomic E-state index is 9.86. The molecule has 0 aliphatic rings. The van der Waals surface area contributed by atoms with Gasteiger partial charge in [-0.25, -0.2) is 0 Å². The van der Waals surface area contributed by atoms with Crippen LogP contribution >= 0.6 is 12.6 Å². The molecule has 4 heteroatoms. The van der Waals surface area contributed by atoms with Gasteiger partial charge in [0, 0.05) is 6.20 Å². The lowest BCUT2D eigenvalue weighted by molar-refractivity contribution is -0.104. The molecule has 0 N–H and O–H groups in total. The third-order valence-electron chi connectivity index (χ3n) is 0.521. The molecule has 0 rings (SSSR count). The summed E-state index contributed by atoms with van der Waals surface area (Å²) in [5.41, 5.74) is 0.406. The average Bonchev–Trinajstić information content (AvgIpc) is 1.83. The molecule has 0 saturated carbocycles. The minimum atomic E-state index is 0.264. The molecular weight excluding hydrogens is 133 g/mol. The standard InChI is InChI=1S/C5H6BNOS/c1-4(6)7-2-5(9)3-8/h2-3,9H,1H3/b5-2-,7-4?. The van der Waals surface area contributed by atoms with Gasteiger partial charge in [0.15, 0.2) is 6.29 Å². The van der Waals surface area contributed by atoms with E-state index in [1.165, 1.54) is 6.20 Å². The van der Waals surface area contributed by atoms with Gasteiger partial charge in [0.1, 0.15) is 7.85 Å². The summed E-state index contributed by atoms with van der Waals surface area (Å²) in [6, 6.07) is 0. The number of thiol groups is 1. The summed E-state index contributed by atoms with van der Waals surface area (Å²) in [6.45, 7) is 1.63. The van der Waals surface area contributed by atoms with E-state index in [2.05, 4.69) is 17.6 Å². The largest absolute Gasteiger partial charge is 0.297 e. The topological polar surface area (TPSA) is 29.4 Å². The van der Waals surface area contributed by atoms with Crippen LogP contribution in [0.1, 0.15) is 6.92 Å². The lowest BCUT2D eigenvalue weighted by atomic mass is 10.0. The smallest absolute Gasteiger partial charge is 0.157 e. The molecule has 0 aliphatic heterocycles. The van der Waals surface area contributed by atoms with Gasteiger partial charge in [0.25, 0.3) is 0 Å². The summed E-state index contributed by atoms with van der Waals surface area (Å²) in [6.07, 6.45) is 1.89. The molecular formula is C5H6BNOS. The first-order chi connectivity index (χ1) is 4.16. The van der Waals surface area contributed by atoms with Crippen molar-refractivity contribution in [2.45, 2.75) is 6.92 Å². The van der Waals surface area contributed by atoms with E-state index in [-0.39, 0.29) is 4.91 Å². The third-order valence-corrected chi connectivity index (χ3v) is 0.742. The highest BCUT2D eigenvalue weighted by Crippen LogP contribution is 1.93. The average molecular weight is 139 g/mol. The van der Waals surface area contributed by atoms with Gasteiger partial charge in [0.2, 0.25) is 0 Å². The van der Waals surface area contributed by atoms with Gasteiger partial charge in [-0.2, -0.15) is 0 Å². The van der Waals surface area contributed by atoms with Gasteiger partial charge < -0.3 is 0 Å². The Morgan fingerprint density at radius 2 is 2.33 bits per heavy atom. The maximum Gasteiger partial charge on any atom is 0.157 e. The van der Waals surface area contributed by atoms with E-state index in [9.17, 15) is 4.79 Å². The second-order valence-electron chi connectivity index (χ2n) is 1.44. The number of aliphatic imine (C=N–C) groups is 1. The predicted molar refractivity (Wildman–Crippen MR) is 42.0 cm³/mol. The molecule has 9 heavy (non-hydrogen) atoms. The number of carbonyl (C=O) groups is 1. The Hall–Kier alpha value is -0.505. The molecule has 0 unspecified atom stereocenters. The maximum atomic E-state index is 9.86. The number of hydrogen-bond donors (Lipinski definition) is 1. The normalized spacial score (nSPS) is 13.6. The van der Waals surface area contributed by atoms with Crippen LogP contribution in [0.3, 0.4) is 0 Å². The SMILES string of the molecule is [B]C(C)=N/C=C(\S)C=O. The quantitative estimate of drug-likeness (QED) is 0.195. The van der Waals surface area contributed by atoms with Crippen LogP contribution in [-0.2, 0) is 4.79 Å². The molecule has 0 fully saturated rings. The molecule has 0 bridgehead atoms. The molecule has 2 radical (unpaired) electrons. The Bertz CT molecular complexity index is 160. The van der Waals surface area contributed by atoms with E-state index in [4.69, 9.17) is 7.85 Å². The number of allylic oxidation sites excluding steroid dienone is 1. The van der Waals surface area contributed by atoms with Crippen LogP contribution in [0, 0.1) is 0 Å². The van der Waals surface area contributed by atoms with Gasteiger partial charge in [-0.3, -0.25) is 9.79 Å². The number of hydrogen-bond acceptors (Lipinski definition) is 3. The van der Waals surface area contributed by atoms with Crippen LogP contribution in [0.25, 0.3) is 0 Å². The molecule has 0 saturated heterocycles. The molecule has 46 valence electrons. The van der Waals surface area contributed by atoms with Crippen molar-refractivity contribution in [1.82, 2.24) is 0 Å². The summed E-state index contributed by atoms with van der Waals surface area (Å²) in [5, 5.41) is 0. The van der Waals surface area contributed by atoms with Crippen molar-refractivity contribution in [3.05, 3.63) is 11.1 Å². The Labute approximate surface area is 60.9 Å². The third kappa shape index (κ3) is 5.36. The lowest BCUT2D eigenvalue weighted by Gasteiger charge is -1.83. The van der Waals surface area contributed by atoms with Crippen LogP contribution in [0.15, 0.2) is 16.1 Å². The van der Waals surface area contributed by atoms with E-state index in [0.717, 1.165) is 0 Å². The molecule has 0 aromatic rings. The highest BCUT2D eigenvalue weighted by molar-refractivity contribution is 7.85. The molecule has 0 aromatic heterocycles. The molecule has 2 nitrogen and oxygen atoms in total. The number of aldehydes is 1. The van der Waals surface area contributed by atoms with E-state index in [1.54, 1.807) is 6.92 Å². The van der Waals surface area contributed by atoms with Crippen LogP contribution in [0.2, 0.25) is 0 Å². The summed E-state index contributed by atoms with van der Waals surface area (Å²) >= 11 is 3.74. The Morgan fingerprint density at radius 3 is 2.67 bits per heavy atom. The van der Waals surface area contributed by atoms with Crippen molar-refractivity contribution >= 4 is 32.4 Å². The molecule has 0 aromatic carbocycles. The van der Waals surface area contributed by atoms with Crippen LogP contribution in [0.5, 0.6) is 0 Å². The van der Waals surface area contributed by atoms with Gasteiger partial charge in [-0.1, -0.05) is 0 Å². The zero-order valence-corrected chi connectivity index (χ0v) is 5.93. The number of carbonyl (C=O) groups excluding carboxylic acids is 1. The summed E-state index contributed by atoms with van der Waals surface area (Å²) in [7, 11) is 5.15. The van der Waals surface area contributed by atoms with Crippen molar-refractivity contribution in [2.75, 3.05) is 0 Å². The second-order valence-corrected chi connectivity index (χ2v) is 1.96.